The van der Waals surface area contributed by atoms with E-state index in [-0.39, 0.29) is 0 Å². The first-order valence-electron chi connectivity index (χ1n) is 8.25. The smallest absolute Gasteiger partial charge is 0.0556 e. The second-order valence-electron chi connectivity index (χ2n) is 6.80. The van der Waals surface area contributed by atoms with Crippen molar-refractivity contribution in [2.24, 2.45) is 5.92 Å². The van der Waals surface area contributed by atoms with Gasteiger partial charge in [0, 0.05) is 11.6 Å². The number of nitrogens with one attached hydrogen (secondary N) is 1. The molecule has 3 atom stereocenters. The molecule has 1 nitrogen and oxygen atoms in total. The maximum Gasteiger partial charge on any atom is 0.0556 e. The molecule has 0 fully saturated rings. The summed E-state index contributed by atoms with van der Waals surface area (Å²) in [4.78, 5) is 0. The number of rotatable bonds is 1. The molecule has 2 aromatic carbocycles. The highest BCUT2D eigenvalue weighted by Gasteiger charge is 2.38. The molecule has 1 N–H and O–H groups in total. The summed E-state index contributed by atoms with van der Waals surface area (Å²) in [5.41, 5.74) is 8.45. The van der Waals surface area contributed by atoms with Crippen molar-refractivity contribution in [2.45, 2.75) is 39.2 Å². The van der Waals surface area contributed by atoms with Gasteiger partial charge in [-0.25, -0.2) is 0 Å². The van der Waals surface area contributed by atoms with Crippen molar-refractivity contribution < 1.29 is 0 Å². The van der Waals surface area contributed by atoms with Crippen LogP contribution in [0.5, 0.6) is 0 Å². The molecular formula is C21H23N. The van der Waals surface area contributed by atoms with Gasteiger partial charge in [0.1, 0.15) is 0 Å². The Balaban J connectivity index is 1.87. The standard InChI is InChI=1S/C21H23N/c1-13-11-12-19-17-9-6-10-18(17)21(22-20(19)15(13)3)16-8-5-4-7-14(16)2/h4-9,11-12,17-18,21-22H,10H2,1-3H3. The Morgan fingerprint density at radius 2 is 1.73 bits per heavy atom. The summed E-state index contributed by atoms with van der Waals surface area (Å²) in [5, 5.41) is 3.89. The topological polar surface area (TPSA) is 12.0 Å². The van der Waals surface area contributed by atoms with Crippen molar-refractivity contribution in [3.05, 3.63) is 76.4 Å². The molecule has 0 radical (unpaired) electrons. The third kappa shape index (κ3) is 1.92. The fourth-order valence-corrected chi connectivity index (χ4v) is 4.16. The summed E-state index contributed by atoms with van der Waals surface area (Å²) in [5.74, 6) is 1.19. The lowest BCUT2D eigenvalue weighted by atomic mass is 9.75. The van der Waals surface area contributed by atoms with Crippen LogP contribution in [-0.4, -0.2) is 0 Å². The molecule has 0 aromatic heterocycles. The van der Waals surface area contributed by atoms with Gasteiger partial charge in [0.15, 0.2) is 0 Å². The van der Waals surface area contributed by atoms with Gasteiger partial charge < -0.3 is 5.32 Å². The number of hydrogen-bond donors (Lipinski definition) is 1. The van der Waals surface area contributed by atoms with Crippen LogP contribution in [0.4, 0.5) is 5.69 Å². The molecule has 1 aliphatic carbocycles. The molecule has 0 saturated carbocycles. The monoisotopic (exact) mass is 289 g/mol. The van der Waals surface area contributed by atoms with Crippen LogP contribution in [0.1, 0.15) is 46.2 Å². The summed E-state index contributed by atoms with van der Waals surface area (Å²) < 4.78 is 0. The molecule has 3 unspecified atom stereocenters. The Hall–Kier alpha value is -2.02. The zero-order valence-electron chi connectivity index (χ0n) is 13.6. The molecule has 4 rings (SSSR count). The lowest BCUT2D eigenvalue weighted by Gasteiger charge is -2.39. The Bertz CT molecular complexity index is 756. The molecule has 112 valence electrons. The van der Waals surface area contributed by atoms with Crippen LogP contribution < -0.4 is 5.32 Å². The van der Waals surface area contributed by atoms with Crippen LogP contribution in [-0.2, 0) is 0 Å². The summed E-state index contributed by atoms with van der Waals surface area (Å²) in [6.07, 6.45) is 5.96. The van der Waals surface area contributed by atoms with Crippen molar-refractivity contribution in [1.82, 2.24) is 0 Å². The summed E-state index contributed by atoms with van der Waals surface area (Å²) in [6, 6.07) is 13.8. The molecule has 2 aliphatic rings. The molecule has 1 heterocycles. The number of benzene rings is 2. The van der Waals surface area contributed by atoms with Crippen LogP contribution in [0.2, 0.25) is 0 Å². The first kappa shape index (κ1) is 13.6. The van der Waals surface area contributed by atoms with Crippen molar-refractivity contribution in [3.8, 4) is 0 Å². The van der Waals surface area contributed by atoms with E-state index in [0.717, 1.165) is 0 Å². The highest BCUT2D eigenvalue weighted by atomic mass is 15.0. The van der Waals surface area contributed by atoms with Crippen LogP contribution in [0.15, 0.2) is 48.6 Å². The average molecular weight is 289 g/mol. The molecule has 22 heavy (non-hydrogen) atoms. The van der Waals surface area contributed by atoms with Crippen molar-refractivity contribution in [2.75, 3.05) is 5.32 Å². The quantitative estimate of drug-likeness (QED) is 0.689. The fourth-order valence-electron chi connectivity index (χ4n) is 4.16. The van der Waals surface area contributed by atoms with E-state index in [1.807, 2.05) is 0 Å². The second kappa shape index (κ2) is 5.01. The van der Waals surface area contributed by atoms with Gasteiger partial charge >= 0.3 is 0 Å². The third-order valence-corrected chi connectivity index (χ3v) is 5.59. The minimum atomic E-state index is 0.411. The summed E-state index contributed by atoms with van der Waals surface area (Å²) >= 11 is 0. The van der Waals surface area contributed by atoms with Gasteiger partial charge in [0.05, 0.1) is 6.04 Å². The van der Waals surface area contributed by atoms with E-state index in [1.165, 1.54) is 39.9 Å². The number of fused-ring (bicyclic) bond motifs is 3. The Morgan fingerprint density at radius 1 is 0.909 bits per heavy atom. The predicted molar refractivity (Wildman–Crippen MR) is 93.4 cm³/mol. The third-order valence-electron chi connectivity index (χ3n) is 5.59. The fraction of sp³-hybridized carbons (Fsp3) is 0.333. The van der Waals surface area contributed by atoms with Gasteiger partial charge in [0.2, 0.25) is 0 Å². The molecule has 1 heteroatoms. The lowest BCUT2D eigenvalue weighted by Crippen LogP contribution is -2.30. The van der Waals surface area contributed by atoms with E-state index in [2.05, 4.69) is 74.6 Å². The summed E-state index contributed by atoms with van der Waals surface area (Å²) in [6.45, 7) is 6.68. The van der Waals surface area contributed by atoms with Crippen molar-refractivity contribution >= 4 is 5.69 Å². The maximum atomic E-state index is 3.89. The second-order valence-corrected chi connectivity index (χ2v) is 6.80. The zero-order valence-corrected chi connectivity index (χ0v) is 13.6. The minimum Gasteiger partial charge on any atom is -0.377 e. The highest BCUT2D eigenvalue weighted by Crippen LogP contribution is 2.51. The number of allylic oxidation sites excluding steroid dienone is 2. The van der Waals surface area contributed by atoms with Gasteiger partial charge in [-0.3, -0.25) is 0 Å². The molecular weight excluding hydrogens is 266 g/mol. The van der Waals surface area contributed by atoms with Crippen molar-refractivity contribution in [3.63, 3.8) is 0 Å². The van der Waals surface area contributed by atoms with E-state index >= 15 is 0 Å². The molecule has 1 aliphatic heterocycles. The van der Waals surface area contributed by atoms with Crippen LogP contribution in [0.3, 0.4) is 0 Å². The number of aryl methyl sites for hydroxylation is 2. The Labute approximate surface area is 133 Å². The average Bonchev–Trinajstić information content (AvgIpc) is 3.00. The van der Waals surface area contributed by atoms with Gasteiger partial charge in [0.25, 0.3) is 0 Å². The zero-order chi connectivity index (χ0) is 15.3. The van der Waals surface area contributed by atoms with E-state index < -0.39 is 0 Å². The van der Waals surface area contributed by atoms with Gasteiger partial charge in [-0.1, -0.05) is 48.6 Å². The molecule has 2 aromatic rings. The summed E-state index contributed by atoms with van der Waals surface area (Å²) in [7, 11) is 0. The van der Waals surface area contributed by atoms with Crippen LogP contribution in [0.25, 0.3) is 0 Å². The molecule has 0 saturated heterocycles. The van der Waals surface area contributed by atoms with Gasteiger partial charge in [-0.15, -0.1) is 0 Å². The first-order valence-corrected chi connectivity index (χ1v) is 8.25. The molecule has 0 bridgehead atoms. The SMILES string of the molecule is Cc1ccccc1C1Nc2c(ccc(C)c2C)C2C=CCC21. The molecule has 0 spiro atoms. The van der Waals surface area contributed by atoms with Gasteiger partial charge in [-0.05, 0) is 60.9 Å². The maximum absolute atomic E-state index is 3.89. The van der Waals surface area contributed by atoms with E-state index in [0.29, 0.717) is 17.9 Å². The highest BCUT2D eigenvalue weighted by molar-refractivity contribution is 5.66. The van der Waals surface area contributed by atoms with Crippen LogP contribution in [0, 0.1) is 26.7 Å². The minimum absolute atomic E-state index is 0.411. The molecule has 0 amide bonds. The van der Waals surface area contributed by atoms with Crippen LogP contribution >= 0.6 is 0 Å². The first-order chi connectivity index (χ1) is 10.7. The van der Waals surface area contributed by atoms with E-state index in [4.69, 9.17) is 0 Å². The lowest BCUT2D eigenvalue weighted by molar-refractivity contribution is 0.424. The Morgan fingerprint density at radius 3 is 2.55 bits per heavy atom. The number of anilines is 1. The Kier molecular flexibility index (Phi) is 3.11. The van der Waals surface area contributed by atoms with E-state index in [9.17, 15) is 0 Å². The van der Waals surface area contributed by atoms with Gasteiger partial charge in [-0.2, -0.15) is 0 Å². The predicted octanol–water partition coefficient (Wildman–Crippen LogP) is 5.44. The van der Waals surface area contributed by atoms with E-state index in [1.54, 1.807) is 0 Å². The largest absolute Gasteiger partial charge is 0.377 e. The normalized spacial score (nSPS) is 25.5. The van der Waals surface area contributed by atoms with Crippen molar-refractivity contribution in [1.29, 1.82) is 0 Å². The number of hydrogen-bond acceptors (Lipinski definition) is 1.